The number of Topliss-reactive ketones (excluding diaryl/α,β-unsaturated/α-hetero) is 1. The van der Waals surface area contributed by atoms with Crippen molar-refractivity contribution in [3.05, 3.63) is 71.3 Å². The van der Waals surface area contributed by atoms with Crippen LogP contribution >= 0.6 is 0 Å². The number of aliphatic carboxylic acids is 1. The smallest absolute Gasteiger partial charge is 0.304 e. The van der Waals surface area contributed by atoms with E-state index in [1.165, 1.54) is 0 Å². The lowest BCUT2D eigenvalue weighted by Crippen LogP contribution is -2.17. The Morgan fingerprint density at radius 3 is 2.04 bits per heavy atom. The SMILES string of the molecule is CC[C@H](CC(=O)O)C(=O)c1ccc(C#Cc2ccccc2)cc1. The molecule has 0 amide bonds. The van der Waals surface area contributed by atoms with Gasteiger partial charge in [0.05, 0.1) is 6.42 Å². The molecule has 0 aliphatic carbocycles. The number of carboxylic acid groups (broad SMARTS) is 1. The molecule has 1 N–H and O–H groups in total. The van der Waals surface area contributed by atoms with E-state index in [2.05, 4.69) is 11.8 Å². The van der Waals surface area contributed by atoms with Crippen LogP contribution in [0.25, 0.3) is 0 Å². The highest BCUT2D eigenvalue weighted by Crippen LogP contribution is 2.16. The number of ketones is 1. The molecule has 2 aromatic rings. The third-order valence-electron chi connectivity index (χ3n) is 3.58. The van der Waals surface area contributed by atoms with Crippen LogP contribution in [0.15, 0.2) is 54.6 Å². The fourth-order valence-corrected chi connectivity index (χ4v) is 2.25. The number of benzene rings is 2. The Balaban J connectivity index is 2.11. The van der Waals surface area contributed by atoms with Gasteiger partial charge in [-0.05, 0) is 30.7 Å². The molecule has 3 nitrogen and oxygen atoms in total. The van der Waals surface area contributed by atoms with Crippen molar-refractivity contribution >= 4 is 11.8 Å². The second-order valence-electron chi connectivity index (χ2n) is 5.26. The average Bonchev–Trinajstić information content (AvgIpc) is 2.58. The fourth-order valence-electron chi connectivity index (χ4n) is 2.25. The molecule has 1 atom stereocenters. The van der Waals surface area contributed by atoms with Crippen LogP contribution in [0.1, 0.15) is 41.3 Å². The van der Waals surface area contributed by atoms with E-state index in [4.69, 9.17) is 5.11 Å². The third-order valence-corrected chi connectivity index (χ3v) is 3.58. The second kappa shape index (κ2) is 7.95. The number of carboxylic acids is 1. The Kier molecular flexibility index (Phi) is 5.71. The van der Waals surface area contributed by atoms with Gasteiger partial charge in [-0.25, -0.2) is 0 Å². The van der Waals surface area contributed by atoms with Gasteiger partial charge in [-0.2, -0.15) is 0 Å². The van der Waals surface area contributed by atoms with Crippen LogP contribution in [0.2, 0.25) is 0 Å². The summed E-state index contributed by atoms with van der Waals surface area (Å²) in [5.74, 6) is 4.55. The van der Waals surface area contributed by atoms with Crippen LogP contribution < -0.4 is 0 Å². The Morgan fingerprint density at radius 2 is 1.52 bits per heavy atom. The lowest BCUT2D eigenvalue weighted by Gasteiger charge is -2.11. The van der Waals surface area contributed by atoms with Gasteiger partial charge < -0.3 is 5.11 Å². The molecule has 0 aliphatic heterocycles. The summed E-state index contributed by atoms with van der Waals surface area (Å²) in [5, 5.41) is 8.86. The van der Waals surface area contributed by atoms with Crippen molar-refractivity contribution in [2.24, 2.45) is 5.92 Å². The molecule has 0 saturated heterocycles. The van der Waals surface area contributed by atoms with E-state index in [1.807, 2.05) is 37.3 Å². The molecule has 0 aromatic heterocycles. The van der Waals surface area contributed by atoms with Gasteiger partial charge in [-0.1, -0.05) is 49.1 Å². The second-order valence-corrected chi connectivity index (χ2v) is 5.26. The average molecular weight is 306 g/mol. The molecule has 2 aromatic carbocycles. The Morgan fingerprint density at radius 1 is 0.957 bits per heavy atom. The van der Waals surface area contributed by atoms with Crippen molar-refractivity contribution in [3.63, 3.8) is 0 Å². The summed E-state index contributed by atoms with van der Waals surface area (Å²) in [6.45, 7) is 1.82. The maximum Gasteiger partial charge on any atom is 0.304 e. The molecule has 0 fully saturated rings. The summed E-state index contributed by atoms with van der Waals surface area (Å²) >= 11 is 0. The van der Waals surface area contributed by atoms with Gasteiger partial charge in [-0.15, -0.1) is 0 Å². The van der Waals surface area contributed by atoms with Gasteiger partial charge in [0, 0.05) is 22.6 Å². The molecule has 3 heteroatoms. The normalized spacial score (nSPS) is 11.2. The number of carbonyl (C=O) groups is 2. The summed E-state index contributed by atoms with van der Waals surface area (Å²) < 4.78 is 0. The lowest BCUT2D eigenvalue weighted by atomic mass is 9.92. The molecule has 0 bridgehead atoms. The molecule has 0 heterocycles. The summed E-state index contributed by atoms with van der Waals surface area (Å²) in [5.41, 5.74) is 2.28. The third kappa shape index (κ3) is 4.82. The standard InChI is InChI=1S/C20H18O3/c1-2-17(14-19(21)22)20(23)18-12-10-16(11-13-18)9-8-15-6-4-3-5-7-15/h3-7,10-13,17H,2,14H2,1H3,(H,21,22)/t17-/m1/s1. The molecule has 23 heavy (non-hydrogen) atoms. The first-order chi connectivity index (χ1) is 11.1. The van der Waals surface area contributed by atoms with Crippen molar-refractivity contribution in [2.75, 3.05) is 0 Å². The molecule has 0 radical (unpaired) electrons. The van der Waals surface area contributed by atoms with Crippen LogP contribution in [0.3, 0.4) is 0 Å². The first kappa shape index (κ1) is 16.5. The number of carbonyl (C=O) groups excluding carboxylic acids is 1. The molecule has 116 valence electrons. The maximum atomic E-state index is 12.3. The van der Waals surface area contributed by atoms with Crippen LogP contribution in [-0.2, 0) is 4.79 Å². The predicted molar refractivity (Wildman–Crippen MR) is 89.2 cm³/mol. The highest BCUT2D eigenvalue weighted by atomic mass is 16.4. The zero-order chi connectivity index (χ0) is 16.7. The van der Waals surface area contributed by atoms with Gasteiger partial charge in [0.1, 0.15) is 0 Å². The van der Waals surface area contributed by atoms with Crippen LogP contribution in [-0.4, -0.2) is 16.9 Å². The first-order valence-electron chi connectivity index (χ1n) is 7.53. The molecule has 0 spiro atoms. The van der Waals surface area contributed by atoms with Crippen molar-refractivity contribution in [1.29, 1.82) is 0 Å². The van der Waals surface area contributed by atoms with Crippen molar-refractivity contribution in [2.45, 2.75) is 19.8 Å². The molecule has 2 rings (SSSR count). The van der Waals surface area contributed by atoms with Crippen LogP contribution in [0.4, 0.5) is 0 Å². The van der Waals surface area contributed by atoms with E-state index in [0.717, 1.165) is 11.1 Å². The molecular formula is C20H18O3. The molecule has 0 unspecified atom stereocenters. The van der Waals surface area contributed by atoms with Gasteiger partial charge in [0.2, 0.25) is 0 Å². The van der Waals surface area contributed by atoms with E-state index in [1.54, 1.807) is 24.3 Å². The maximum absolute atomic E-state index is 12.3. The summed E-state index contributed by atoms with van der Waals surface area (Å²) in [4.78, 5) is 23.1. The molecular weight excluding hydrogens is 288 g/mol. The minimum atomic E-state index is -0.949. The highest BCUT2D eigenvalue weighted by molar-refractivity contribution is 5.99. The minimum Gasteiger partial charge on any atom is -0.481 e. The number of rotatable bonds is 5. The molecule has 0 saturated carbocycles. The van der Waals surface area contributed by atoms with Gasteiger partial charge in [0.15, 0.2) is 5.78 Å². The van der Waals surface area contributed by atoms with E-state index in [0.29, 0.717) is 12.0 Å². The van der Waals surface area contributed by atoms with Crippen LogP contribution in [0.5, 0.6) is 0 Å². The Bertz CT molecular complexity index is 734. The highest BCUT2D eigenvalue weighted by Gasteiger charge is 2.20. The molecule has 0 aliphatic rings. The number of hydrogen-bond donors (Lipinski definition) is 1. The quantitative estimate of drug-likeness (QED) is 0.676. The van der Waals surface area contributed by atoms with Gasteiger partial charge >= 0.3 is 5.97 Å². The summed E-state index contributed by atoms with van der Waals surface area (Å²) in [7, 11) is 0. The summed E-state index contributed by atoms with van der Waals surface area (Å²) in [6.07, 6.45) is 0.381. The van der Waals surface area contributed by atoms with Gasteiger partial charge in [0.25, 0.3) is 0 Å². The first-order valence-corrected chi connectivity index (χ1v) is 7.53. The number of hydrogen-bond acceptors (Lipinski definition) is 2. The van der Waals surface area contributed by atoms with E-state index in [9.17, 15) is 9.59 Å². The van der Waals surface area contributed by atoms with Crippen LogP contribution in [0, 0.1) is 17.8 Å². The van der Waals surface area contributed by atoms with E-state index < -0.39 is 11.9 Å². The summed E-state index contributed by atoms with van der Waals surface area (Å²) in [6, 6.07) is 16.7. The zero-order valence-electron chi connectivity index (χ0n) is 13.0. The monoisotopic (exact) mass is 306 g/mol. The topological polar surface area (TPSA) is 54.4 Å². The largest absolute Gasteiger partial charge is 0.481 e. The van der Waals surface area contributed by atoms with Crippen molar-refractivity contribution in [3.8, 4) is 11.8 Å². The Hall–Kier alpha value is -2.86. The van der Waals surface area contributed by atoms with Crippen molar-refractivity contribution in [1.82, 2.24) is 0 Å². The fraction of sp³-hybridized carbons (Fsp3) is 0.200. The van der Waals surface area contributed by atoms with E-state index >= 15 is 0 Å². The van der Waals surface area contributed by atoms with Gasteiger partial charge in [-0.3, -0.25) is 9.59 Å². The predicted octanol–water partition coefficient (Wildman–Crippen LogP) is 3.77. The zero-order valence-corrected chi connectivity index (χ0v) is 13.0. The Labute approximate surface area is 136 Å². The minimum absolute atomic E-state index is 0.127. The van der Waals surface area contributed by atoms with Crippen molar-refractivity contribution < 1.29 is 14.7 Å². The van der Waals surface area contributed by atoms with E-state index in [-0.39, 0.29) is 12.2 Å². The lowest BCUT2D eigenvalue weighted by molar-refractivity contribution is -0.137.